The van der Waals surface area contributed by atoms with Crippen molar-refractivity contribution in [3.05, 3.63) is 66.0 Å². The van der Waals surface area contributed by atoms with Crippen molar-refractivity contribution >= 4 is 15.9 Å². The molecule has 0 radical (unpaired) electrons. The lowest BCUT2D eigenvalue weighted by molar-refractivity contribution is 0.343. The van der Waals surface area contributed by atoms with E-state index in [4.69, 9.17) is 0 Å². The van der Waals surface area contributed by atoms with Crippen molar-refractivity contribution in [3.8, 4) is 0 Å². The first-order valence-corrected chi connectivity index (χ1v) is 9.41. The summed E-state index contributed by atoms with van der Waals surface area (Å²) in [5.74, 6) is -0.0168. The molecule has 24 heavy (non-hydrogen) atoms. The van der Waals surface area contributed by atoms with Gasteiger partial charge in [-0.2, -0.15) is 8.42 Å². The van der Waals surface area contributed by atoms with E-state index >= 15 is 0 Å². The number of hydrogen-bond acceptors (Lipinski definition) is 2. The van der Waals surface area contributed by atoms with Crippen molar-refractivity contribution in [1.82, 2.24) is 4.90 Å². The molecule has 126 valence electrons. The third kappa shape index (κ3) is 3.82. The molecule has 0 bridgehead atoms. The lowest BCUT2D eigenvalue weighted by Crippen LogP contribution is -2.36. The fourth-order valence-corrected chi connectivity index (χ4v) is 3.79. The van der Waals surface area contributed by atoms with Crippen LogP contribution in [0.4, 0.5) is 4.39 Å². The van der Waals surface area contributed by atoms with Crippen molar-refractivity contribution in [3.63, 3.8) is 0 Å². The van der Waals surface area contributed by atoms with Crippen molar-refractivity contribution in [1.29, 1.82) is 0 Å². The number of benzene rings is 2. The Bertz CT molecular complexity index is 812. The topological polar surface area (TPSA) is 49.7 Å². The van der Waals surface area contributed by atoms with Crippen LogP contribution >= 0.6 is 0 Å². The zero-order chi connectivity index (χ0) is 17.0. The van der Waals surface area contributed by atoms with Crippen LogP contribution in [0.15, 0.2) is 63.9 Å². The summed E-state index contributed by atoms with van der Waals surface area (Å²) >= 11 is 0. The molecule has 0 aliphatic carbocycles. The van der Waals surface area contributed by atoms with E-state index in [0.29, 0.717) is 5.84 Å². The molecule has 2 aromatic carbocycles. The van der Waals surface area contributed by atoms with Gasteiger partial charge in [-0.1, -0.05) is 30.3 Å². The largest absolute Gasteiger partial charge is 0.355 e. The van der Waals surface area contributed by atoms with Gasteiger partial charge in [-0.3, -0.25) is 0 Å². The van der Waals surface area contributed by atoms with Crippen molar-refractivity contribution in [2.75, 3.05) is 13.1 Å². The molecule has 0 unspecified atom stereocenters. The number of hydrogen-bond donors (Lipinski definition) is 0. The minimum Gasteiger partial charge on any atom is -0.355 e. The highest BCUT2D eigenvalue weighted by atomic mass is 32.2. The molecule has 0 aromatic heterocycles. The summed E-state index contributed by atoms with van der Waals surface area (Å²) < 4.78 is 42.4. The van der Waals surface area contributed by atoms with Gasteiger partial charge in [-0.25, -0.2) is 4.39 Å². The lowest BCUT2D eigenvalue weighted by Gasteiger charge is -2.29. The first-order valence-electron chi connectivity index (χ1n) is 7.97. The average Bonchev–Trinajstić information content (AvgIpc) is 2.62. The summed E-state index contributed by atoms with van der Waals surface area (Å²) in [5, 5.41) is 0. The smallest absolute Gasteiger partial charge is 0.284 e. The predicted molar refractivity (Wildman–Crippen MR) is 92.0 cm³/mol. The number of sulfonamides is 1. The number of nitrogens with zero attached hydrogens (tertiary/aromatic N) is 2. The molecule has 4 nitrogen and oxygen atoms in total. The third-order valence-electron chi connectivity index (χ3n) is 4.01. The van der Waals surface area contributed by atoms with Crippen LogP contribution in [0.5, 0.6) is 0 Å². The van der Waals surface area contributed by atoms with E-state index in [-0.39, 0.29) is 4.90 Å². The maximum Gasteiger partial charge on any atom is 0.284 e. The minimum absolute atomic E-state index is 0.00524. The highest BCUT2D eigenvalue weighted by Gasteiger charge is 2.21. The summed E-state index contributed by atoms with van der Waals surface area (Å²) in [5.41, 5.74) is 0.769. The zero-order valence-corrected chi connectivity index (χ0v) is 14.0. The fraction of sp³-hybridized carbons (Fsp3) is 0.278. The van der Waals surface area contributed by atoms with Crippen LogP contribution in [0, 0.1) is 5.82 Å². The van der Waals surface area contributed by atoms with Gasteiger partial charge in [0.2, 0.25) is 0 Å². The second kappa shape index (κ2) is 7.13. The maximum atomic E-state index is 13.1. The van der Waals surface area contributed by atoms with Gasteiger partial charge >= 0.3 is 0 Å². The van der Waals surface area contributed by atoms with Crippen molar-refractivity contribution < 1.29 is 12.8 Å². The van der Waals surface area contributed by atoms with Gasteiger partial charge in [0, 0.05) is 18.7 Å². The van der Waals surface area contributed by atoms with Crippen molar-refractivity contribution in [2.45, 2.75) is 24.2 Å². The Labute approximate surface area is 141 Å². The van der Waals surface area contributed by atoms with Gasteiger partial charge in [-0.15, -0.1) is 4.40 Å². The fourth-order valence-electron chi connectivity index (χ4n) is 2.76. The van der Waals surface area contributed by atoms with E-state index < -0.39 is 15.8 Å². The molecule has 3 rings (SSSR count). The predicted octanol–water partition coefficient (Wildman–Crippen LogP) is 3.45. The zero-order valence-electron chi connectivity index (χ0n) is 13.2. The Hall–Kier alpha value is -2.21. The Morgan fingerprint density at radius 1 is 0.917 bits per heavy atom. The molecule has 1 aliphatic rings. The van der Waals surface area contributed by atoms with Crippen LogP contribution < -0.4 is 0 Å². The van der Waals surface area contributed by atoms with Crippen LogP contribution in [0.3, 0.4) is 0 Å². The van der Waals surface area contributed by atoms with E-state index in [1.54, 1.807) is 0 Å². The average molecular weight is 346 g/mol. The Balaban J connectivity index is 2.03. The lowest BCUT2D eigenvalue weighted by atomic mass is 10.1. The third-order valence-corrected chi connectivity index (χ3v) is 5.29. The number of piperidine rings is 1. The SMILES string of the molecule is O=S(=O)(N=C(c1ccccc1)N1CCCCC1)c1ccc(F)cc1. The number of rotatable bonds is 3. The molecule has 1 heterocycles. The van der Waals surface area contributed by atoms with E-state index in [1.165, 1.54) is 12.1 Å². The van der Waals surface area contributed by atoms with Gasteiger partial charge in [0.05, 0.1) is 4.90 Å². The number of amidine groups is 1. The highest BCUT2D eigenvalue weighted by molar-refractivity contribution is 7.90. The van der Waals surface area contributed by atoms with E-state index in [2.05, 4.69) is 4.40 Å². The maximum absolute atomic E-state index is 13.1. The molecule has 0 spiro atoms. The molecule has 1 fully saturated rings. The molecule has 1 aliphatic heterocycles. The van der Waals surface area contributed by atoms with E-state index in [1.807, 2.05) is 35.2 Å². The quantitative estimate of drug-likeness (QED) is 0.632. The Morgan fingerprint density at radius 3 is 2.17 bits per heavy atom. The van der Waals surface area contributed by atoms with Gasteiger partial charge < -0.3 is 4.90 Å². The first-order chi connectivity index (χ1) is 11.6. The van der Waals surface area contributed by atoms with Crippen LogP contribution in [-0.4, -0.2) is 32.2 Å². The second-order valence-electron chi connectivity index (χ2n) is 5.76. The monoisotopic (exact) mass is 346 g/mol. The van der Waals surface area contributed by atoms with Gasteiger partial charge in [0.25, 0.3) is 10.0 Å². The van der Waals surface area contributed by atoms with Gasteiger partial charge in [0.15, 0.2) is 0 Å². The second-order valence-corrected chi connectivity index (χ2v) is 7.36. The molecule has 0 N–H and O–H groups in total. The summed E-state index contributed by atoms with van der Waals surface area (Å²) in [6.45, 7) is 1.57. The van der Waals surface area contributed by atoms with Gasteiger partial charge in [-0.05, 0) is 43.5 Å². The van der Waals surface area contributed by atoms with Crippen LogP contribution in [0.2, 0.25) is 0 Å². The summed E-state index contributed by atoms with van der Waals surface area (Å²) in [4.78, 5) is 2.01. The van der Waals surface area contributed by atoms with E-state index in [9.17, 15) is 12.8 Å². The number of halogens is 1. The first kappa shape index (κ1) is 16.6. The molecule has 0 amide bonds. The van der Waals surface area contributed by atoms with Gasteiger partial charge in [0.1, 0.15) is 11.7 Å². The summed E-state index contributed by atoms with van der Waals surface area (Å²) in [7, 11) is -3.89. The molecule has 6 heteroatoms. The number of likely N-dealkylation sites (tertiary alicyclic amines) is 1. The molecule has 0 saturated carbocycles. The summed E-state index contributed by atoms with van der Waals surface area (Å²) in [6, 6.07) is 14.1. The molecular weight excluding hydrogens is 327 g/mol. The molecule has 1 saturated heterocycles. The van der Waals surface area contributed by atoms with E-state index in [0.717, 1.165) is 50.0 Å². The minimum atomic E-state index is -3.89. The standard InChI is InChI=1S/C18H19FN2O2S/c19-16-9-11-17(12-10-16)24(22,23)20-18(15-7-3-1-4-8-15)21-13-5-2-6-14-21/h1,3-4,7-12H,2,5-6,13-14H2. The molecular formula is C18H19FN2O2S. The Kier molecular flexibility index (Phi) is 4.94. The normalized spacial score (nSPS) is 16.2. The Morgan fingerprint density at radius 2 is 1.54 bits per heavy atom. The molecule has 0 atom stereocenters. The van der Waals surface area contributed by atoms with Crippen LogP contribution in [0.1, 0.15) is 24.8 Å². The summed E-state index contributed by atoms with van der Waals surface area (Å²) in [6.07, 6.45) is 3.17. The van der Waals surface area contributed by atoms with Crippen LogP contribution in [0.25, 0.3) is 0 Å². The van der Waals surface area contributed by atoms with Crippen LogP contribution in [-0.2, 0) is 10.0 Å². The highest BCUT2D eigenvalue weighted by Crippen LogP contribution is 2.19. The molecule has 2 aromatic rings. The van der Waals surface area contributed by atoms with Crippen molar-refractivity contribution in [2.24, 2.45) is 4.40 Å².